The van der Waals surface area contributed by atoms with Gasteiger partial charge in [-0.1, -0.05) is 6.07 Å². The molecule has 1 aromatic heterocycles. The fraction of sp³-hybridized carbons (Fsp3) is 0.250. The van der Waals surface area contributed by atoms with Crippen LogP contribution in [0.25, 0.3) is 11.5 Å². The average molecular weight is 248 g/mol. The maximum Gasteiger partial charge on any atom is 0.270 e. The first-order chi connectivity index (χ1) is 8.61. The minimum Gasteiger partial charge on any atom is -0.441 e. The molecule has 6 heteroatoms. The smallest absolute Gasteiger partial charge is 0.270 e. The van der Waals surface area contributed by atoms with Crippen LogP contribution < -0.4 is 0 Å². The van der Waals surface area contributed by atoms with Gasteiger partial charge < -0.3 is 9.52 Å². The Morgan fingerprint density at radius 1 is 1.50 bits per heavy atom. The minimum atomic E-state index is -0.464. The van der Waals surface area contributed by atoms with Crippen molar-refractivity contribution in [2.24, 2.45) is 0 Å². The van der Waals surface area contributed by atoms with E-state index in [1.807, 2.05) is 0 Å². The van der Waals surface area contributed by atoms with Gasteiger partial charge >= 0.3 is 0 Å². The maximum atomic E-state index is 10.7. The molecule has 2 rings (SSSR count). The lowest BCUT2D eigenvalue weighted by Crippen LogP contribution is -1.92. The SMILES string of the molecule is Cc1oc(-c2cccc([N+](=O)[O-])c2)nc1CCO. The highest BCUT2D eigenvalue weighted by Crippen LogP contribution is 2.25. The van der Waals surface area contributed by atoms with E-state index in [0.717, 1.165) is 0 Å². The predicted molar refractivity (Wildman–Crippen MR) is 64.1 cm³/mol. The molecule has 0 aliphatic rings. The Labute approximate surface area is 103 Å². The first-order valence-corrected chi connectivity index (χ1v) is 5.44. The highest BCUT2D eigenvalue weighted by molar-refractivity contribution is 5.58. The summed E-state index contributed by atoms with van der Waals surface area (Å²) >= 11 is 0. The van der Waals surface area contributed by atoms with E-state index >= 15 is 0 Å². The molecule has 0 aliphatic heterocycles. The van der Waals surface area contributed by atoms with Crippen LogP contribution in [0, 0.1) is 17.0 Å². The van der Waals surface area contributed by atoms with Crippen molar-refractivity contribution in [3.8, 4) is 11.5 Å². The largest absolute Gasteiger partial charge is 0.441 e. The average Bonchev–Trinajstić information content (AvgIpc) is 2.72. The van der Waals surface area contributed by atoms with Crippen LogP contribution >= 0.6 is 0 Å². The topological polar surface area (TPSA) is 89.4 Å². The van der Waals surface area contributed by atoms with E-state index in [1.54, 1.807) is 19.1 Å². The van der Waals surface area contributed by atoms with Crippen molar-refractivity contribution >= 4 is 5.69 Å². The molecule has 0 atom stereocenters. The summed E-state index contributed by atoms with van der Waals surface area (Å²) in [6.07, 6.45) is 0.407. The number of aliphatic hydroxyl groups is 1. The molecule has 1 heterocycles. The third-order valence-electron chi connectivity index (χ3n) is 2.55. The number of hydrogen-bond acceptors (Lipinski definition) is 5. The Bertz CT molecular complexity index is 577. The summed E-state index contributed by atoms with van der Waals surface area (Å²) in [5.74, 6) is 0.949. The zero-order valence-electron chi connectivity index (χ0n) is 9.79. The highest BCUT2D eigenvalue weighted by atomic mass is 16.6. The number of nitrogens with zero attached hydrogens (tertiary/aromatic N) is 2. The second-order valence-electron chi connectivity index (χ2n) is 3.80. The minimum absolute atomic E-state index is 0.00735. The summed E-state index contributed by atoms with van der Waals surface area (Å²) in [5.41, 5.74) is 1.21. The number of aliphatic hydroxyl groups excluding tert-OH is 1. The monoisotopic (exact) mass is 248 g/mol. The number of aromatic nitrogens is 1. The fourth-order valence-electron chi connectivity index (χ4n) is 1.64. The molecule has 0 spiro atoms. The van der Waals surface area contributed by atoms with Crippen LogP contribution in [-0.2, 0) is 6.42 Å². The molecule has 0 radical (unpaired) electrons. The van der Waals surface area contributed by atoms with E-state index < -0.39 is 4.92 Å². The molecule has 6 nitrogen and oxygen atoms in total. The summed E-state index contributed by atoms with van der Waals surface area (Å²) in [5, 5.41) is 19.6. The molecule has 0 saturated heterocycles. The molecule has 0 unspecified atom stereocenters. The molecule has 1 N–H and O–H groups in total. The number of benzene rings is 1. The predicted octanol–water partition coefficient (Wildman–Crippen LogP) is 2.09. The van der Waals surface area contributed by atoms with Crippen LogP contribution in [-0.4, -0.2) is 21.6 Å². The van der Waals surface area contributed by atoms with Crippen molar-refractivity contribution in [1.82, 2.24) is 4.98 Å². The van der Waals surface area contributed by atoms with Gasteiger partial charge in [0.15, 0.2) is 0 Å². The Balaban J connectivity index is 2.39. The van der Waals surface area contributed by atoms with E-state index in [4.69, 9.17) is 9.52 Å². The quantitative estimate of drug-likeness (QED) is 0.661. The molecule has 2 aromatic rings. The summed E-state index contributed by atoms with van der Waals surface area (Å²) < 4.78 is 5.44. The standard InChI is InChI=1S/C12H12N2O4/c1-8-11(5-6-15)13-12(18-8)9-3-2-4-10(7-9)14(16)17/h2-4,7,15H,5-6H2,1H3. The Kier molecular flexibility index (Phi) is 3.38. The first-order valence-electron chi connectivity index (χ1n) is 5.44. The van der Waals surface area contributed by atoms with Crippen molar-refractivity contribution < 1.29 is 14.4 Å². The van der Waals surface area contributed by atoms with Crippen LogP contribution in [0.15, 0.2) is 28.7 Å². The number of nitro groups is 1. The molecular weight excluding hydrogens is 236 g/mol. The van der Waals surface area contributed by atoms with Gasteiger partial charge in [-0.15, -0.1) is 0 Å². The molecule has 0 saturated carbocycles. The number of rotatable bonds is 4. The molecule has 94 valence electrons. The first kappa shape index (κ1) is 12.3. The zero-order chi connectivity index (χ0) is 13.1. The van der Waals surface area contributed by atoms with Gasteiger partial charge in [0.2, 0.25) is 5.89 Å². The molecule has 0 amide bonds. The number of aryl methyl sites for hydroxylation is 1. The lowest BCUT2D eigenvalue weighted by molar-refractivity contribution is -0.384. The highest BCUT2D eigenvalue weighted by Gasteiger charge is 2.13. The third-order valence-corrected chi connectivity index (χ3v) is 2.55. The second-order valence-corrected chi connectivity index (χ2v) is 3.80. The molecule has 0 aliphatic carbocycles. The van der Waals surface area contributed by atoms with E-state index in [9.17, 15) is 10.1 Å². The van der Waals surface area contributed by atoms with Gasteiger partial charge in [-0.3, -0.25) is 10.1 Å². The lowest BCUT2D eigenvalue weighted by Gasteiger charge is -1.95. The summed E-state index contributed by atoms with van der Waals surface area (Å²) in [6, 6.07) is 6.10. The van der Waals surface area contributed by atoms with Gasteiger partial charge in [-0.2, -0.15) is 0 Å². The Hall–Kier alpha value is -2.21. The van der Waals surface area contributed by atoms with E-state index in [0.29, 0.717) is 29.3 Å². The van der Waals surface area contributed by atoms with Gasteiger partial charge in [-0.25, -0.2) is 4.98 Å². The van der Waals surface area contributed by atoms with Crippen molar-refractivity contribution in [2.45, 2.75) is 13.3 Å². The van der Waals surface area contributed by atoms with Crippen molar-refractivity contribution in [3.63, 3.8) is 0 Å². The Morgan fingerprint density at radius 2 is 2.28 bits per heavy atom. The maximum absolute atomic E-state index is 10.7. The fourth-order valence-corrected chi connectivity index (χ4v) is 1.64. The summed E-state index contributed by atoms with van der Waals surface area (Å²) in [6.45, 7) is 1.74. The second kappa shape index (κ2) is 4.97. The lowest BCUT2D eigenvalue weighted by atomic mass is 10.2. The normalized spacial score (nSPS) is 10.6. The zero-order valence-corrected chi connectivity index (χ0v) is 9.79. The number of oxazole rings is 1. The third kappa shape index (κ3) is 2.38. The van der Waals surface area contributed by atoms with Crippen molar-refractivity contribution in [1.29, 1.82) is 0 Å². The van der Waals surface area contributed by atoms with Crippen LogP contribution in [0.3, 0.4) is 0 Å². The van der Waals surface area contributed by atoms with Crippen LogP contribution in [0.5, 0.6) is 0 Å². The molecular formula is C12H12N2O4. The van der Waals surface area contributed by atoms with Gasteiger partial charge in [0.25, 0.3) is 5.69 Å². The number of nitro benzene ring substituents is 1. The van der Waals surface area contributed by atoms with Crippen LogP contribution in [0.1, 0.15) is 11.5 Å². The van der Waals surface area contributed by atoms with Crippen LogP contribution in [0.2, 0.25) is 0 Å². The van der Waals surface area contributed by atoms with Gasteiger partial charge in [0, 0.05) is 30.7 Å². The van der Waals surface area contributed by atoms with Gasteiger partial charge in [-0.05, 0) is 13.0 Å². The number of non-ortho nitro benzene ring substituents is 1. The Morgan fingerprint density at radius 3 is 2.94 bits per heavy atom. The molecule has 1 aromatic carbocycles. The van der Waals surface area contributed by atoms with Gasteiger partial charge in [0.05, 0.1) is 10.6 Å². The van der Waals surface area contributed by atoms with E-state index in [1.165, 1.54) is 12.1 Å². The summed E-state index contributed by atoms with van der Waals surface area (Å²) in [7, 11) is 0. The molecule has 18 heavy (non-hydrogen) atoms. The molecule has 0 bridgehead atoms. The number of hydrogen-bond donors (Lipinski definition) is 1. The van der Waals surface area contributed by atoms with Gasteiger partial charge in [0.1, 0.15) is 5.76 Å². The summed E-state index contributed by atoms with van der Waals surface area (Å²) in [4.78, 5) is 14.4. The van der Waals surface area contributed by atoms with Crippen molar-refractivity contribution in [2.75, 3.05) is 6.61 Å². The van der Waals surface area contributed by atoms with E-state index in [-0.39, 0.29) is 12.3 Å². The molecule has 0 fully saturated rings. The van der Waals surface area contributed by atoms with Crippen molar-refractivity contribution in [3.05, 3.63) is 45.8 Å². The van der Waals surface area contributed by atoms with Crippen LogP contribution in [0.4, 0.5) is 5.69 Å². The van der Waals surface area contributed by atoms with E-state index in [2.05, 4.69) is 4.98 Å².